The first-order valence-corrected chi connectivity index (χ1v) is 9.60. The van der Waals surface area contributed by atoms with E-state index in [2.05, 4.69) is 20.7 Å². The largest absolute Gasteiger partial charge is 0.348 e. The Bertz CT molecular complexity index is 1020. The number of aromatic nitrogens is 5. The van der Waals surface area contributed by atoms with E-state index in [0.717, 1.165) is 0 Å². The fourth-order valence-corrected chi connectivity index (χ4v) is 3.52. The van der Waals surface area contributed by atoms with Gasteiger partial charge in [-0.3, -0.25) is 14.3 Å². The second-order valence-electron chi connectivity index (χ2n) is 7.19. The zero-order chi connectivity index (χ0) is 20.4. The Labute approximate surface area is 168 Å². The molecule has 9 heteroatoms. The van der Waals surface area contributed by atoms with Gasteiger partial charge in [-0.2, -0.15) is 9.78 Å². The zero-order valence-corrected chi connectivity index (χ0v) is 16.4. The minimum Gasteiger partial charge on any atom is -0.348 e. The third kappa shape index (κ3) is 3.89. The summed E-state index contributed by atoms with van der Waals surface area (Å²) in [6.07, 6.45) is 3.22. The number of nitrogens with one attached hydrogen (secondary N) is 1. The second-order valence-corrected chi connectivity index (χ2v) is 7.19. The van der Waals surface area contributed by atoms with E-state index >= 15 is 0 Å². The van der Waals surface area contributed by atoms with Gasteiger partial charge in [0.05, 0.1) is 5.69 Å². The maximum atomic E-state index is 12.7. The molecule has 1 saturated heterocycles. The SMILES string of the molecule is Cc1c(C(=O)NC2CCN(C(=O)c3ccccc3)CC2)nnn1-c1ccn(C)n1. The molecule has 1 fully saturated rings. The van der Waals surface area contributed by atoms with Gasteiger partial charge in [0.25, 0.3) is 11.8 Å². The molecule has 0 aliphatic carbocycles. The van der Waals surface area contributed by atoms with Crippen LogP contribution in [0.15, 0.2) is 42.6 Å². The lowest BCUT2D eigenvalue weighted by Gasteiger charge is -2.32. The summed E-state index contributed by atoms with van der Waals surface area (Å²) >= 11 is 0. The highest BCUT2D eigenvalue weighted by Crippen LogP contribution is 2.15. The smallest absolute Gasteiger partial charge is 0.273 e. The number of rotatable bonds is 4. The molecule has 1 N–H and O–H groups in total. The van der Waals surface area contributed by atoms with Crippen LogP contribution in [0.3, 0.4) is 0 Å². The lowest BCUT2D eigenvalue weighted by Crippen LogP contribution is -2.46. The van der Waals surface area contributed by atoms with Crippen molar-refractivity contribution in [3.63, 3.8) is 0 Å². The van der Waals surface area contributed by atoms with Crippen LogP contribution in [0.25, 0.3) is 5.82 Å². The number of carbonyl (C=O) groups is 2. The predicted octanol–water partition coefficient (Wildman–Crippen LogP) is 1.34. The first kappa shape index (κ1) is 18.9. The van der Waals surface area contributed by atoms with Gasteiger partial charge in [-0.1, -0.05) is 23.4 Å². The number of benzene rings is 1. The van der Waals surface area contributed by atoms with Crippen molar-refractivity contribution in [1.29, 1.82) is 0 Å². The molecular weight excluding hydrogens is 370 g/mol. The molecule has 0 atom stereocenters. The second kappa shape index (κ2) is 7.86. The van der Waals surface area contributed by atoms with Crippen LogP contribution >= 0.6 is 0 Å². The van der Waals surface area contributed by atoms with Crippen molar-refractivity contribution in [1.82, 2.24) is 35.0 Å². The average Bonchev–Trinajstić information content (AvgIpc) is 3.34. The van der Waals surface area contributed by atoms with Crippen molar-refractivity contribution >= 4 is 11.8 Å². The minimum absolute atomic E-state index is 0.00160. The molecular formula is C20H23N7O2. The quantitative estimate of drug-likeness (QED) is 0.721. The van der Waals surface area contributed by atoms with Crippen LogP contribution in [0.2, 0.25) is 0 Å². The molecule has 3 aromatic rings. The van der Waals surface area contributed by atoms with Crippen LogP contribution in [0.5, 0.6) is 0 Å². The van der Waals surface area contributed by atoms with E-state index in [4.69, 9.17) is 0 Å². The number of hydrogen-bond donors (Lipinski definition) is 1. The third-order valence-corrected chi connectivity index (χ3v) is 5.16. The number of nitrogens with zero attached hydrogens (tertiary/aromatic N) is 6. The predicted molar refractivity (Wildman–Crippen MR) is 106 cm³/mol. The summed E-state index contributed by atoms with van der Waals surface area (Å²) in [7, 11) is 1.82. The molecule has 0 saturated carbocycles. The third-order valence-electron chi connectivity index (χ3n) is 5.16. The summed E-state index contributed by atoms with van der Waals surface area (Å²) in [6.45, 7) is 3.02. The maximum Gasteiger partial charge on any atom is 0.273 e. The number of hydrogen-bond acceptors (Lipinski definition) is 5. The minimum atomic E-state index is -0.252. The van der Waals surface area contributed by atoms with Crippen molar-refractivity contribution < 1.29 is 9.59 Å². The molecule has 4 rings (SSSR count). The molecule has 0 unspecified atom stereocenters. The monoisotopic (exact) mass is 393 g/mol. The standard InChI is InChI=1S/C20H23N7O2/c1-14-18(22-24-27(14)17-10-11-25(2)23-17)19(28)21-16-8-12-26(13-9-16)20(29)15-6-4-3-5-7-15/h3-7,10-11,16H,8-9,12-13H2,1-2H3,(H,21,28). The van der Waals surface area contributed by atoms with Crippen LogP contribution in [0.4, 0.5) is 0 Å². The van der Waals surface area contributed by atoms with Gasteiger partial charge in [0.2, 0.25) is 0 Å². The molecule has 0 spiro atoms. The Kier molecular flexibility index (Phi) is 5.11. The van der Waals surface area contributed by atoms with Gasteiger partial charge in [0, 0.05) is 44.0 Å². The molecule has 0 bridgehead atoms. The molecule has 3 heterocycles. The fourth-order valence-electron chi connectivity index (χ4n) is 3.52. The highest BCUT2D eigenvalue weighted by atomic mass is 16.2. The van der Waals surface area contributed by atoms with Gasteiger partial charge < -0.3 is 10.2 Å². The molecule has 29 heavy (non-hydrogen) atoms. The molecule has 1 aromatic carbocycles. The summed E-state index contributed by atoms with van der Waals surface area (Å²) in [5, 5.41) is 15.4. The summed E-state index contributed by atoms with van der Waals surface area (Å²) in [6, 6.07) is 11.1. The topological polar surface area (TPSA) is 97.9 Å². The van der Waals surface area contributed by atoms with Gasteiger partial charge >= 0.3 is 0 Å². The van der Waals surface area contributed by atoms with E-state index in [1.165, 1.54) is 0 Å². The lowest BCUT2D eigenvalue weighted by molar-refractivity contribution is 0.0697. The Morgan fingerprint density at radius 3 is 2.48 bits per heavy atom. The van der Waals surface area contributed by atoms with Crippen molar-refractivity contribution in [2.75, 3.05) is 13.1 Å². The van der Waals surface area contributed by atoms with Crippen LogP contribution < -0.4 is 5.32 Å². The number of aryl methyl sites for hydroxylation is 1. The maximum absolute atomic E-state index is 12.7. The Hall–Kier alpha value is -3.49. The van der Waals surface area contributed by atoms with E-state index in [9.17, 15) is 9.59 Å². The first-order valence-electron chi connectivity index (χ1n) is 9.60. The van der Waals surface area contributed by atoms with Crippen LogP contribution in [0.1, 0.15) is 39.4 Å². The van der Waals surface area contributed by atoms with Crippen LogP contribution in [-0.2, 0) is 7.05 Å². The zero-order valence-electron chi connectivity index (χ0n) is 16.4. The Balaban J connectivity index is 1.36. The molecule has 2 amide bonds. The highest BCUT2D eigenvalue weighted by molar-refractivity contribution is 5.94. The van der Waals surface area contributed by atoms with Gasteiger partial charge in [0.15, 0.2) is 11.5 Å². The van der Waals surface area contributed by atoms with E-state index in [1.807, 2.05) is 48.3 Å². The van der Waals surface area contributed by atoms with E-state index in [1.54, 1.807) is 22.5 Å². The van der Waals surface area contributed by atoms with Crippen molar-refractivity contribution in [2.24, 2.45) is 7.05 Å². The van der Waals surface area contributed by atoms with E-state index in [-0.39, 0.29) is 17.9 Å². The fraction of sp³-hybridized carbons (Fsp3) is 0.350. The van der Waals surface area contributed by atoms with Gasteiger partial charge in [-0.05, 0) is 31.9 Å². The van der Waals surface area contributed by atoms with Crippen molar-refractivity contribution in [3.05, 3.63) is 59.5 Å². The first-order chi connectivity index (χ1) is 14.0. The molecule has 0 radical (unpaired) electrons. The van der Waals surface area contributed by atoms with Crippen molar-refractivity contribution in [3.8, 4) is 5.82 Å². The Morgan fingerprint density at radius 2 is 1.83 bits per heavy atom. The summed E-state index contributed by atoms with van der Waals surface area (Å²) in [5.41, 5.74) is 1.62. The van der Waals surface area contributed by atoms with Crippen molar-refractivity contribution in [2.45, 2.75) is 25.8 Å². The van der Waals surface area contributed by atoms with Gasteiger partial charge in [-0.25, -0.2) is 0 Å². The number of amides is 2. The number of piperidine rings is 1. The van der Waals surface area contributed by atoms with Gasteiger partial charge in [0.1, 0.15) is 0 Å². The van der Waals surface area contributed by atoms with Crippen LogP contribution in [0, 0.1) is 6.92 Å². The molecule has 150 valence electrons. The van der Waals surface area contributed by atoms with Crippen LogP contribution in [-0.4, -0.2) is 60.6 Å². The Morgan fingerprint density at radius 1 is 1.10 bits per heavy atom. The summed E-state index contributed by atoms with van der Waals surface area (Å²) < 4.78 is 3.22. The lowest BCUT2D eigenvalue weighted by atomic mass is 10.0. The number of carbonyl (C=O) groups excluding carboxylic acids is 2. The number of likely N-dealkylation sites (tertiary alicyclic amines) is 1. The molecule has 1 aliphatic heterocycles. The molecule has 1 aliphatic rings. The van der Waals surface area contributed by atoms with Gasteiger partial charge in [-0.15, -0.1) is 5.10 Å². The normalized spacial score (nSPS) is 14.8. The molecule has 2 aromatic heterocycles. The van der Waals surface area contributed by atoms with E-state index in [0.29, 0.717) is 48.7 Å². The summed E-state index contributed by atoms with van der Waals surface area (Å²) in [4.78, 5) is 27.1. The average molecular weight is 393 g/mol. The van der Waals surface area contributed by atoms with E-state index < -0.39 is 0 Å². The highest BCUT2D eigenvalue weighted by Gasteiger charge is 2.26. The molecule has 9 nitrogen and oxygen atoms in total. The summed E-state index contributed by atoms with van der Waals surface area (Å²) in [5.74, 6) is 0.395.